The van der Waals surface area contributed by atoms with Gasteiger partial charge < -0.3 is 9.30 Å². The van der Waals surface area contributed by atoms with Crippen molar-refractivity contribution in [3.8, 4) is 17.1 Å². The van der Waals surface area contributed by atoms with Crippen LogP contribution in [0.15, 0.2) is 78.9 Å². The third-order valence-electron chi connectivity index (χ3n) is 5.79. The molecule has 0 saturated heterocycles. The molecule has 0 radical (unpaired) electrons. The molecular weight excluding hydrogens is 368 g/mol. The van der Waals surface area contributed by atoms with Crippen LogP contribution in [0.1, 0.15) is 44.6 Å². The second-order valence-electron chi connectivity index (χ2n) is 7.88. The van der Waals surface area contributed by atoms with Crippen LogP contribution in [0.5, 0.6) is 5.75 Å². The number of hydrogen-bond donors (Lipinski definition) is 0. The highest BCUT2D eigenvalue weighted by Crippen LogP contribution is 2.25. The Morgan fingerprint density at radius 3 is 2.37 bits per heavy atom. The van der Waals surface area contributed by atoms with Crippen molar-refractivity contribution >= 4 is 11.0 Å². The minimum atomic E-state index is 0.600. The summed E-state index contributed by atoms with van der Waals surface area (Å²) in [5.41, 5.74) is 4.78. The number of nitrogens with zero attached hydrogens (tertiary/aromatic N) is 2. The molecule has 1 heterocycles. The smallest absolute Gasteiger partial charge is 0.141 e. The van der Waals surface area contributed by atoms with Crippen LogP contribution < -0.4 is 4.74 Å². The summed E-state index contributed by atoms with van der Waals surface area (Å²) in [5, 5.41) is 0. The highest BCUT2D eigenvalue weighted by molar-refractivity contribution is 5.80. The highest BCUT2D eigenvalue weighted by atomic mass is 16.5. The van der Waals surface area contributed by atoms with Crippen molar-refractivity contribution in [1.82, 2.24) is 9.55 Å². The molecule has 0 spiro atoms. The molecule has 0 N–H and O–H groups in total. The van der Waals surface area contributed by atoms with Gasteiger partial charge in [0.05, 0.1) is 17.6 Å². The van der Waals surface area contributed by atoms with E-state index in [1.165, 1.54) is 11.1 Å². The SMILES string of the molecule is CCC(C)c1ccc(OCCCCn2c(-c3ccccc3)nc3ccccc32)cc1. The minimum absolute atomic E-state index is 0.600. The molecule has 0 amide bonds. The molecule has 3 heteroatoms. The Balaban J connectivity index is 1.37. The van der Waals surface area contributed by atoms with Gasteiger partial charge in [-0.1, -0.05) is 68.4 Å². The number of hydrogen-bond acceptors (Lipinski definition) is 2. The van der Waals surface area contributed by atoms with Gasteiger partial charge >= 0.3 is 0 Å². The van der Waals surface area contributed by atoms with Crippen molar-refractivity contribution in [2.75, 3.05) is 6.61 Å². The fraction of sp³-hybridized carbons (Fsp3) is 0.296. The zero-order valence-electron chi connectivity index (χ0n) is 17.9. The van der Waals surface area contributed by atoms with Crippen molar-refractivity contribution in [3.63, 3.8) is 0 Å². The van der Waals surface area contributed by atoms with E-state index in [9.17, 15) is 0 Å². The normalized spacial score (nSPS) is 12.2. The third kappa shape index (κ3) is 4.56. The number of ether oxygens (including phenoxy) is 1. The lowest BCUT2D eigenvalue weighted by Crippen LogP contribution is -2.04. The average Bonchev–Trinajstić information content (AvgIpc) is 3.18. The summed E-state index contributed by atoms with van der Waals surface area (Å²) >= 11 is 0. The van der Waals surface area contributed by atoms with Gasteiger partial charge in [0.15, 0.2) is 0 Å². The maximum atomic E-state index is 5.97. The summed E-state index contributed by atoms with van der Waals surface area (Å²) in [6.07, 6.45) is 3.22. The van der Waals surface area contributed by atoms with Crippen molar-refractivity contribution in [3.05, 3.63) is 84.4 Å². The summed E-state index contributed by atoms with van der Waals surface area (Å²) in [6.45, 7) is 6.15. The number of rotatable bonds is 9. The molecule has 4 aromatic rings. The molecule has 0 aliphatic rings. The van der Waals surface area contributed by atoms with E-state index in [4.69, 9.17) is 9.72 Å². The number of imidazole rings is 1. The Morgan fingerprint density at radius 2 is 1.60 bits per heavy atom. The Morgan fingerprint density at radius 1 is 0.867 bits per heavy atom. The first-order chi connectivity index (χ1) is 14.8. The fourth-order valence-corrected chi connectivity index (χ4v) is 3.80. The molecule has 3 aromatic carbocycles. The van der Waals surface area contributed by atoms with E-state index in [1.807, 2.05) is 6.07 Å². The van der Waals surface area contributed by atoms with Crippen molar-refractivity contribution in [1.29, 1.82) is 0 Å². The van der Waals surface area contributed by atoms with Crippen LogP contribution in [0, 0.1) is 0 Å². The van der Waals surface area contributed by atoms with Crippen LogP contribution >= 0.6 is 0 Å². The molecule has 1 unspecified atom stereocenters. The highest BCUT2D eigenvalue weighted by Gasteiger charge is 2.11. The summed E-state index contributed by atoms with van der Waals surface area (Å²) in [7, 11) is 0. The molecule has 30 heavy (non-hydrogen) atoms. The van der Waals surface area contributed by atoms with Gasteiger partial charge in [0.2, 0.25) is 0 Å². The first-order valence-corrected chi connectivity index (χ1v) is 11.0. The van der Waals surface area contributed by atoms with Gasteiger partial charge in [0.1, 0.15) is 11.6 Å². The van der Waals surface area contributed by atoms with Crippen LogP contribution in [0.2, 0.25) is 0 Å². The molecule has 0 bridgehead atoms. The number of fused-ring (bicyclic) bond motifs is 1. The maximum Gasteiger partial charge on any atom is 0.141 e. The van der Waals surface area contributed by atoms with Gasteiger partial charge in [0.25, 0.3) is 0 Å². The Labute approximate surface area is 179 Å². The van der Waals surface area contributed by atoms with E-state index in [-0.39, 0.29) is 0 Å². The van der Waals surface area contributed by atoms with Crippen LogP contribution in [-0.2, 0) is 6.54 Å². The maximum absolute atomic E-state index is 5.97. The number of unbranched alkanes of at least 4 members (excludes halogenated alkanes) is 1. The predicted octanol–water partition coefficient (Wildman–Crippen LogP) is 7.08. The van der Waals surface area contributed by atoms with Gasteiger partial charge in [-0.05, 0) is 55.0 Å². The average molecular weight is 399 g/mol. The van der Waals surface area contributed by atoms with E-state index >= 15 is 0 Å². The second-order valence-corrected chi connectivity index (χ2v) is 7.88. The zero-order valence-corrected chi connectivity index (χ0v) is 17.9. The topological polar surface area (TPSA) is 27.1 Å². The van der Waals surface area contributed by atoms with Gasteiger partial charge in [-0.3, -0.25) is 0 Å². The fourth-order valence-electron chi connectivity index (χ4n) is 3.80. The third-order valence-corrected chi connectivity index (χ3v) is 5.79. The molecule has 0 aliphatic carbocycles. The molecule has 4 rings (SSSR count). The molecule has 1 aromatic heterocycles. The van der Waals surface area contributed by atoms with E-state index in [2.05, 4.69) is 91.2 Å². The molecule has 0 fully saturated rings. The van der Waals surface area contributed by atoms with Crippen LogP contribution in [0.4, 0.5) is 0 Å². The molecule has 1 atom stereocenters. The molecule has 154 valence electrons. The first kappa shape index (κ1) is 20.2. The standard InChI is InChI=1S/C27H30N2O/c1-3-21(2)22-15-17-24(18-16-22)30-20-10-9-19-29-26-14-8-7-13-25(26)28-27(29)23-11-5-4-6-12-23/h4-8,11-18,21H,3,9-10,19-20H2,1-2H3. The van der Waals surface area contributed by atoms with E-state index in [0.717, 1.165) is 55.1 Å². The van der Waals surface area contributed by atoms with Gasteiger partial charge in [-0.25, -0.2) is 4.98 Å². The number of aromatic nitrogens is 2. The lowest BCUT2D eigenvalue weighted by molar-refractivity contribution is 0.303. The largest absolute Gasteiger partial charge is 0.494 e. The Kier molecular flexibility index (Phi) is 6.48. The monoisotopic (exact) mass is 398 g/mol. The summed E-state index contributed by atoms with van der Waals surface area (Å²) in [4.78, 5) is 4.89. The van der Waals surface area contributed by atoms with E-state index < -0.39 is 0 Å². The quantitative estimate of drug-likeness (QED) is 0.282. The molecule has 0 aliphatic heterocycles. The van der Waals surface area contributed by atoms with Gasteiger partial charge in [0, 0.05) is 12.1 Å². The molecular formula is C27H30N2O. The second kappa shape index (κ2) is 9.62. The molecule has 0 saturated carbocycles. The van der Waals surface area contributed by atoms with Crippen molar-refractivity contribution in [2.24, 2.45) is 0 Å². The lowest BCUT2D eigenvalue weighted by atomic mass is 9.99. The zero-order chi connectivity index (χ0) is 20.8. The Bertz CT molecular complexity index is 1070. The lowest BCUT2D eigenvalue weighted by Gasteiger charge is -2.12. The number of benzene rings is 3. The minimum Gasteiger partial charge on any atom is -0.494 e. The molecule has 3 nitrogen and oxygen atoms in total. The van der Waals surface area contributed by atoms with E-state index in [1.54, 1.807) is 0 Å². The van der Waals surface area contributed by atoms with Gasteiger partial charge in [-0.15, -0.1) is 0 Å². The number of aryl methyl sites for hydroxylation is 1. The summed E-state index contributed by atoms with van der Waals surface area (Å²) in [5.74, 6) is 2.60. The van der Waals surface area contributed by atoms with E-state index in [0.29, 0.717) is 5.92 Å². The van der Waals surface area contributed by atoms with Crippen molar-refractivity contribution in [2.45, 2.75) is 45.6 Å². The first-order valence-electron chi connectivity index (χ1n) is 11.0. The van der Waals surface area contributed by atoms with Gasteiger partial charge in [-0.2, -0.15) is 0 Å². The summed E-state index contributed by atoms with van der Waals surface area (Å²) in [6, 6.07) is 27.4. The Hall–Kier alpha value is -3.07. The van der Waals surface area contributed by atoms with Crippen LogP contribution in [-0.4, -0.2) is 16.2 Å². The van der Waals surface area contributed by atoms with Crippen LogP contribution in [0.3, 0.4) is 0 Å². The predicted molar refractivity (Wildman–Crippen MR) is 125 cm³/mol. The summed E-state index contributed by atoms with van der Waals surface area (Å²) < 4.78 is 8.31. The van der Waals surface area contributed by atoms with Crippen molar-refractivity contribution < 1.29 is 4.74 Å². The number of para-hydroxylation sites is 2. The van der Waals surface area contributed by atoms with Crippen LogP contribution in [0.25, 0.3) is 22.4 Å².